The number of hydroxylamine groups is 1. The average Bonchev–Trinajstić information content (AvgIpc) is 3.27. The first kappa shape index (κ1) is 21.5. The Bertz CT molecular complexity index is 817. The van der Waals surface area contributed by atoms with Crippen LogP contribution >= 0.6 is 0 Å². The molecule has 1 aromatic carbocycles. The van der Waals surface area contributed by atoms with Crippen LogP contribution in [0.5, 0.6) is 0 Å². The Morgan fingerprint density at radius 2 is 1.83 bits per heavy atom. The lowest BCUT2D eigenvalue weighted by Gasteiger charge is -2.38. The van der Waals surface area contributed by atoms with Crippen molar-refractivity contribution in [3.8, 4) is 0 Å². The SMILES string of the molecule is O=C(NO)[C@H]1CN(C(C[N+](=O)[O-])=NO)CC[C@@H]1C(=O)N1CC[C@H](c2ccccc2)C1. The lowest BCUT2D eigenvalue weighted by atomic mass is 9.83. The number of piperidine rings is 1. The van der Waals surface area contributed by atoms with Gasteiger partial charge in [-0.15, -0.1) is 0 Å². The predicted octanol–water partition coefficient (Wildman–Crippen LogP) is 0.510. The van der Waals surface area contributed by atoms with Crippen LogP contribution in [-0.2, 0) is 9.59 Å². The number of rotatable bonds is 5. The molecular formula is C19H25N5O6. The van der Waals surface area contributed by atoms with E-state index in [9.17, 15) is 19.7 Å². The molecule has 11 heteroatoms. The number of benzene rings is 1. The number of nitrogens with zero attached hydrogens (tertiary/aromatic N) is 4. The van der Waals surface area contributed by atoms with Gasteiger partial charge in [-0.05, 0) is 18.4 Å². The number of likely N-dealkylation sites (tertiary alicyclic amines) is 2. The van der Waals surface area contributed by atoms with Gasteiger partial charge in [0.1, 0.15) is 0 Å². The first-order valence-corrected chi connectivity index (χ1v) is 9.80. The van der Waals surface area contributed by atoms with Gasteiger partial charge in [0.15, 0.2) is 0 Å². The number of carbonyl (C=O) groups excluding carboxylic acids is 2. The molecule has 2 aliphatic heterocycles. The normalized spacial score (nSPS) is 24.6. The second-order valence-electron chi connectivity index (χ2n) is 7.61. The van der Waals surface area contributed by atoms with E-state index in [2.05, 4.69) is 5.16 Å². The number of amidine groups is 1. The van der Waals surface area contributed by atoms with Crippen LogP contribution in [-0.4, -0.2) is 75.5 Å². The van der Waals surface area contributed by atoms with Gasteiger partial charge in [-0.2, -0.15) is 0 Å². The van der Waals surface area contributed by atoms with Crippen LogP contribution in [0.4, 0.5) is 0 Å². The van der Waals surface area contributed by atoms with E-state index in [1.54, 1.807) is 10.4 Å². The number of nitrogens with one attached hydrogen (secondary N) is 1. The van der Waals surface area contributed by atoms with Gasteiger partial charge in [0, 0.05) is 37.0 Å². The van der Waals surface area contributed by atoms with Crippen molar-refractivity contribution in [1.29, 1.82) is 0 Å². The first-order valence-electron chi connectivity index (χ1n) is 9.80. The zero-order valence-electron chi connectivity index (χ0n) is 16.4. The average molecular weight is 419 g/mol. The topological polar surface area (TPSA) is 149 Å². The molecule has 0 spiro atoms. The van der Waals surface area contributed by atoms with E-state index in [-0.39, 0.29) is 37.2 Å². The minimum Gasteiger partial charge on any atom is -0.409 e. The fourth-order valence-corrected chi connectivity index (χ4v) is 4.33. The Hall–Kier alpha value is -3.21. The van der Waals surface area contributed by atoms with Gasteiger partial charge in [-0.3, -0.25) is 24.9 Å². The number of hydrogen-bond donors (Lipinski definition) is 3. The molecule has 3 atom stereocenters. The van der Waals surface area contributed by atoms with Crippen LogP contribution in [0, 0.1) is 22.0 Å². The van der Waals surface area contributed by atoms with Crippen molar-refractivity contribution in [3.63, 3.8) is 0 Å². The van der Waals surface area contributed by atoms with Gasteiger partial charge in [0.25, 0.3) is 6.54 Å². The van der Waals surface area contributed by atoms with Crippen molar-refractivity contribution >= 4 is 17.6 Å². The highest BCUT2D eigenvalue weighted by Gasteiger charge is 2.43. The second-order valence-corrected chi connectivity index (χ2v) is 7.61. The van der Waals surface area contributed by atoms with E-state index >= 15 is 0 Å². The molecule has 0 saturated carbocycles. The number of nitro groups is 1. The van der Waals surface area contributed by atoms with Gasteiger partial charge >= 0.3 is 0 Å². The molecule has 0 unspecified atom stereocenters. The smallest absolute Gasteiger partial charge is 0.263 e. The van der Waals surface area contributed by atoms with Crippen molar-refractivity contribution in [2.45, 2.75) is 18.8 Å². The minimum atomic E-state index is -0.921. The summed E-state index contributed by atoms with van der Waals surface area (Å²) in [7, 11) is 0. The molecule has 3 N–H and O–H groups in total. The Kier molecular flexibility index (Phi) is 6.83. The summed E-state index contributed by atoms with van der Waals surface area (Å²) < 4.78 is 0. The molecule has 2 heterocycles. The Morgan fingerprint density at radius 1 is 1.13 bits per heavy atom. The molecule has 30 heavy (non-hydrogen) atoms. The second kappa shape index (κ2) is 9.53. The number of hydrogen-bond acceptors (Lipinski definition) is 7. The van der Waals surface area contributed by atoms with Crippen molar-refractivity contribution in [2.24, 2.45) is 17.0 Å². The molecule has 2 fully saturated rings. The standard InChI is InChI=1S/C19H25N5O6/c25-18(21-28)16-11-22(17(20-27)12-24(29)30)9-7-15(16)19(26)23-8-6-14(10-23)13-4-2-1-3-5-13/h1-5,14-16,27-28H,6-12H2,(H,21,25)/t14-,15-,16-/m0/s1. The molecule has 2 amide bonds. The molecule has 2 saturated heterocycles. The quantitative estimate of drug-likeness (QED) is 0.157. The van der Waals surface area contributed by atoms with Crippen LogP contribution in [0.1, 0.15) is 24.3 Å². The largest absolute Gasteiger partial charge is 0.409 e. The lowest BCUT2D eigenvalue weighted by molar-refractivity contribution is -0.464. The van der Waals surface area contributed by atoms with E-state index < -0.39 is 29.2 Å². The number of carbonyl (C=O) groups is 2. The fraction of sp³-hybridized carbons (Fsp3) is 0.526. The molecule has 3 rings (SSSR count). The monoisotopic (exact) mass is 419 g/mol. The molecule has 2 aliphatic rings. The zero-order chi connectivity index (χ0) is 21.7. The Balaban J connectivity index is 1.70. The zero-order valence-corrected chi connectivity index (χ0v) is 16.4. The minimum absolute atomic E-state index is 0.0635. The maximum atomic E-state index is 13.2. The Labute approximate surface area is 173 Å². The van der Waals surface area contributed by atoms with Crippen molar-refractivity contribution in [3.05, 3.63) is 46.0 Å². The van der Waals surface area contributed by atoms with Gasteiger partial charge in [0.05, 0.1) is 11.8 Å². The molecule has 162 valence electrons. The van der Waals surface area contributed by atoms with Gasteiger partial charge in [-0.25, -0.2) is 5.48 Å². The summed E-state index contributed by atoms with van der Waals surface area (Å²) in [5, 5.41) is 32.0. The fourth-order valence-electron chi connectivity index (χ4n) is 4.33. The maximum Gasteiger partial charge on any atom is 0.263 e. The van der Waals surface area contributed by atoms with E-state index in [1.165, 1.54) is 4.90 Å². The molecule has 0 radical (unpaired) electrons. The first-order chi connectivity index (χ1) is 14.4. The van der Waals surface area contributed by atoms with Crippen LogP contribution in [0.25, 0.3) is 0 Å². The van der Waals surface area contributed by atoms with Gasteiger partial charge < -0.3 is 15.0 Å². The molecule has 0 aromatic heterocycles. The third-order valence-electron chi connectivity index (χ3n) is 5.90. The highest BCUT2D eigenvalue weighted by Crippen LogP contribution is 2.32. The van der Waals surface area contributed by atoms with Crippen LogP contribution in [0.3, 0.4) is 0 Å². The molecular weight excluding hydrogens is 394 g/mol. The van der Waals surface area contributed by atoms with Crippen LogP contribution in [0.15, 0.2) is 35.5 Å². The van der Waals surface area contributed by atoms with Crippen molar-refractivity contribution in [2.75, 3.05) is 32.7 Å². The van der Waals surface area contributed by atoms with E-state index in [0.717, 1.165) is 12.0 Å². The highest BCUT2D eigenvalue weighted by atomic mass is 16.6. The summed E-state index contributed by atoms with van der Waals surface area (Å²) in [6, 6.07) is 9.93. The third-order valence-corrected chi connectivity index (χ3v) is 5.90. The summed E-state index contributed by atoms with van der Waals surface area (Å²) in [6.45, 7) is 0.603. The number of oxime groups is 1. The summed E-state index contributed by atoms with van der Waals surface area (Å²) in [5.74, 6) is -2.46. The summed E-state index contributed by atoms with van der Waals surface area (Å²) in [6.07, 6.45) is 1.08. The van der Waals surface area contributed by atoms with E-state index in [0.29, 0.717) is 13.1 Å². The molecule has 11 nitrogen and oxygen atoms in total. The van der Waals surface area contributed by atoms with Crippen LogP contribution < -0.4 is 5.48 Å². The van der Waals surface area contributed by atoms with Gasteiger partial charge in [0.2, 0.25) is 17.6 Å². The summed E-state index contributed by atoms with van der Waals surface area (Å²) >= 11 is 0. The highest BCUT2D eigenvalue weighted by molar-refractivity contribution is 5.89. The van der Waals surface area contributed by atoms with E-state index in [4.69, 9.17) is 10.4 Å². The lowest BCUT2D eigenvalue weighted by Crippen LogP contribution is -2.54. The molecule has 1 aromatic rings. The summed E-state index contributed by atoms with van der Waals surface area (Å²) in [4.78, 5) is 38.8. The van der Waals surface area contributed by atoms with Gasteiger partial charge in [-0.1, -0.05) is 35.5 Å². The van der Waals surface area contributed by atoms with Crippen molar-refractivity contribution in [1.82, 2.24) is 15.3 Å². The third kappa shape index (κ3) is 4.67. The van der Waals surface area contributed by atoms with Crippen LogP contribution in [0.2, 0.25) is 0 Å². The molecule has 0 aliphatic carbocycles. The molecule has 0 bridgehead atoms. The number of amides is 2. The predicted molar refractivity (Wildman–Crippen MR) is 105 cm³/mol. The Morgan fingerprint density at radius 3 is 2.47 bits per heavy atom. The van der Waals surface area contributed by atoms with E-state index in [1.807, 2.05) is 30.3 Å². The van der Waals surface area contributed by atoms with Crippen molar-refractivity contribution < 1.29 is 24.9 Å². The maximum absolute atomic E-state index is 13.2. The summed E-state index contributed by atoms with van der Waals surface area (Å²) in [5.41, 5.74) is 2.75.